The molecule has 2 amide bonds. The molecule has 1 fully saturated rings. The highest BCUT2D eigenvalue weighted by molar-refractivity contribution is 6.30. The standard InChI is InChI=1S/C27H31ClN4O2/c28-24-11-9-23(10-12-24)26(22-6-2-1-3-7-22)32-15-13-31(14-16-32)17-18-34-25-8-4-5-21(19-25)20-30-27(29)33/h1-12,19,26H,13-18,20H2,(H3,29,30,33). The number of urea groups is 1. The summed E-state index contributed by atoms with van der Waals surface area (Å²) in [5.74, 6) is 0.800. The molecule has 6 nitrogen and oxygen atoms in total. The van der Waals surface area contributed by atoms with Crippen LogP contribution in [0.15, 0.2) is 78.9 Å². The minimum absolute atomic E-state index is 0.216. The Hall–Kier alpha value is -3.06. The van der Waals surface area contributed by atoms with E-state index in [0.29, 0.717) is 13.2 Å². The number of hydrogen-bond donors (Lipinski definition) is 2. The second-order valence-electron chi connectivity index (χ2n) is 8.46. The first kappa shape index (κ1) is 24.1. The summed E-state index contributed by atoms with van der Waals surface area (Å²) in [6, 6.07) is 26.3. The van der Waals surface area contributed by atoms with Crippen LogP contribution in [-0.4, -0.2) is 55.2 Å². The number of primary amides is 1. The van der Waals surface area contributed by atoms with E-state index in [4.69, 9.17) is 22.1 Å². The van der Waals surface area contributed by atoms with Crippen molar-refractivity contribution in [1.82, 2.24) is 15.1 Å². The van der Waals surface area contributed by atoms with Crippen molar-refractivity contribution in [3.05, 3.63) is 101 Å². The lowest BCUT2D eigenvalue weighted by Gasteiger charge is -2.39. The third-order valence-electron chi connectivity index (χ3n) is 6.11. The topological polar surface area (TPSA) is 70.8 Å². The van der Waals surface area contributed by atoms with Crippen molar-refractivity contribution in [2.45, 2.75) is 12.6 Å². The van der Waals surface area contributed by atoms with Gasteiger partial charge in [-0.2, -0.15) is 0 Å². The lowest BCUT2D eigenvalue weighted by Crippen LogP contribution is -2.48. The van der Waals surface area contributed by atoms with Gasteiger partial charge in [0.15, 0.2) is 0 Å². The predicted octanol–water partition coefficient (Wildman–Crippen LogP) is 4.29. The highest BCUT2D eigenvalue weighted by Gasteiger charge is 2.26. The number of amides is 2. The monoisotopic (exact) mass is 478 g/mol. The molecular formula is C27H31ClN4O2. The number of carbonyl (C=O) groups is 1. The molecule has 178 valence electrons. The summed E-state index contributed by atoms with van der Waals surface area (Å²) in [5.41, 5.74) is 8.66. The van der Waals surface area contributed by atoms with Crippen molar-refractivity contribution >= 4 is 17.6 Å². The minimum Gasteiger partial charge on any atom is -0.492 e. The van der Waals surface area contributed by atoms with Crippen LogP contribution >= 0.6 is 11.6 Å². The van der Waals surface area contributed by atoms with Gasteiger partial charge in [0.2, 0.25) is 0 Å². The second kappa shape index (κ2) is 11.9. The van der Waals surface area contributed by atoms with Crippen molar-refractivity contribution in [1.29, 1.82) is 0 Å². The highest BCUT2D eigenvalue weighted by Crippen LogP contribution is 2.30. The Labute approximate surface area is 206 Å². The normalized spacial score (nSPS) is 15.6. The van der Waals surface area contributed by atoms with Gasteiger partial charge in [0.25, 0.3) is 0 Å². The summed E-state index contributed by atoms with van der Waals surface area (Å²) in [6.45, 7) is 5.82. The molecule has 3 aromatic carbocycles. The Bertz CT molecular complexity index is 1050. The lowest BCUT2D eigenvalue weighted by atomic mass is 9.96. The van der Waals surface area contributed by atoms with Crippen LogP contribution in [0.5, 0.6) is 5.75 Å². The van der Waals surface area contributed by atoms with Crippen LogP contribution in [0.25, 0.3) is 0 Å². The number of ether oxygens (including phenoxy) is 1. The Morgan fingerprint density at radius 3 is 2.35 bits per heavy atom. The first-order valence-corrected chi connectivity index (χ1v) is 12.0. The van der Waals surface area contributed by atoms with Crippen LogP contribution < -0.4 is 15.8 Å². The summed E-state index contributed by atoms with van der Waals surface area (Å²) < 4.78 is 5.97. The van der Waals surface area contributed by atoms with Crippen molar-refractivity contribution < 1.29 is 9.53 Å². The Balaban J connectivity index is 1.30. The van der Waals surface area contributed by atoms with Gasteiger partial charge in [-0.05, 0) is 41.0 Å². The number of carbonyl (C=O) groups excluding carboxylic acids is 1. The first-order chi connectivity index (χ1) is 16.6. The molecule has 34 heavy (non-hydrogen) atoms. The average molecular weight is 479 g/mol. The molecule has 0 radical (unpaired) electrons. The third-order valence-corrected chi connectivity index (χ3v) is 6.37. The maximum atomic E-state index is 10.9. The molecule has 1 aliphatic rings. The fourth-order valence-corrected chi connectivity index (χ4v) is 4.49. The third kappa shape index (κ3) is 6.73. The predicted molar refractivity (Wildman–Crippen MR) is 136 cm³/mol. The van der Waals surface area contributed by atoms with Gasteiger partial charge in [0.05, 0.1) is 6.04 Å². The molecule has 1 heterocycles. The van der Waals surface area contributed by atoms with Crippen LogP contribution in [0.4, 0.5) is 4.79 Å². The van der Waals surface area contributed by atoms with E-state index in [1.165, 1.54) is 11.1 Å². The Morgan fingerprint density at radius 1 is 0.941 bits per heavy atom. The van der Waals surface area contributed by atoms with Gasteiger partial charge in [0.1, 0.15) is 12.4 Å². The largest absolute Gasteiger partial charge is 0.492 e. The number of halogens is 1. The molecule has 1 saturated heterocycles. The summed E-state index contributed by atoms with van der Waals surface area (Å²) in [7, 11) is 0. The number of benzene rings is 3. The maximum Gasteiger partial charge on any atom is 0.312 e. The van der Waals surface area contributed by atoms with E-state index >= 15 is 0 Å². The summed E-state index contributed by atoms with van der Waals surface area (Å²) in [4.78, 5) is 15.9. The van der Waals surface area contributed by atoms with E-state index in [9.17, 15) is 4.79 Å². The smallest absolute Gasteiger partial charge is 0.312 e. The zero-order chi connectivity index (χ0) is 23.8. The fourth-order valence-electron chi connectivity index (χ4n) is 4.37. The zero-order valence-electron chi connectivity index (χ0n) is 19.2. The van der Waals surface area contributed by atoms with Crippen LogP contribution in [0.1, 0.15) is 22.7 Å². The molecule has 3 aromatic rings. The molecule has 3 N–H and O–H groups in total. The van der Waals surface area contributed by atoms with Gasteiger partial charge in [-0.3, -0.25) is 9.80 Å². The molecule has 7 heteroatoms. The van der Waals surface area contributed by atoms with E-state index in [-0.39, 0.29) is 6.04 Å². The van der Waals surface area contributed by atoms with Crippen molar-refractivity contribution in [2.24, 2.45) is 5.73 Å². The molecule has 1 unspecified atom stereocenters. The van der Waals surface area contributed by atoms with Gasteiger partial charge in [-0.1, -0.05) is 66.2 Å². The fraction of sp³-hybridized carbons (Fsp3) is 0.296. The second-order valence-corrected chi connectivity index (χ2v) is 8.89. The van der Waals surface area contributed by atoms with Crippen LogP contribution in [0, 0.1) is 0 Å². The molecular weight excluding hydrogens is 448 g/mol. The van der Waals surface area contributed by atoms with E-state index in [2.05, 4.69) is 57.6 Å². The molecule has 0 aliphatic carbocycles. The number of rotatable bonds is 9. The van der Waals surface area contributed by atoms with Gasteiger partial charge < -0.3 is 15.8 Å². The van der Waals surface area contributed by atoms with E-state index in [1.54, 1.807) is 0 Å². The van der Waals surface area contributed by atoms with E-state index in [0.717, 1.165) is 49.1 Å². The summed E-state index contributed by atoms with van der Waals surface area (Å²) >= 11 is 6.14. The van der Waals surface area contributed by atoms with Crippen molar-refractivity contribution in [3.63, 3.8) is 0 Å². The quantitative estimate of drug-likeness (QED) is 0.481. The highest BCUT2D eigenvalue weighted by atomic mass is 35.5. The van der Waals surface area contributed by atoms with Gasteiger partial charge in [0, 0.05) is 44.3 Å². The molecule has 0 aromatic heterocycles. The number of nitrogens with zero attached hydrogens (tertiary/aromatic N) is 2. The number of hydrogen-bond acceptors (Lipinski definition) is 4. The van der Waals surface area contributed by atoms with Crippen LogP contribution in [0.3, 0.4) is 0 Å². The number of nitrogens with two attached hydrogens (primary N) is 1. The van der Waals surface area contributed by atoms with E-state index < -0.39 is 6.03 Å². The first-order valence-electron chi connectivity index (χ1n) is 11.6. The number of piperazine rings is 1. The SMILES string of the molecule is NC(=O)NCc1cccc(OCCN2CCN(C(c3ccccc3)c3ccc(Cl)cc3)CC2)c1. The van der Waals surface area contributed by atoms with Crippen molar-refractivity contribution in [2.75, 3.05) is 39.3 Å². The summed E-state index contributed by atoms with van der Waals surface area (Å²) in [5, 5.41) is 3.36. The average Bonchev–Trinajstić information content (AvgIpc) is 2.86. The molecule has 0 spiro atoms. The molecule has 0 saturated carbocycles. The van der Waals surface area contributed by atoms with Gasteiger partial charge >= 0.3 is 6.03 Å². The summed E-state index contributed by atoms with van der Waals surface area (Å²) in [6.07, 6.45) is 0. The molecule has 1 aliphatic heterocycles. The zero-order valence-corrected chi connectivity index (χ0v) is 20.0. The lowest BCUT2D eigenvalue weighted by molar-refractivity contribution is 0.0977. The Kier molecular flexibility index (Phi) is 8.41. The molecule has 4 rings (SSSR count). The number of nitrogens with one attached hydrogen (secondary N) is 1. The van der Waals surface area contributed by atoms with Crippen LogP contribution in [0.2, 0.25) is 5.02 Å². The Morgan fingerprint density at radius 2 is 1.65 bits per heavy atom. The maximum absolute atomic E-state index is 10.9. The van der Waals surface area contributed by atoms with E-state index in [1.807, 2.05) is 36.4 Å². The minimum atomic E-state index is -0.531. The molecule has 0 bridgehead atoms. The van der Waals surface area contributed by atoms with Crippen LogP contribution in [-0.2, 0) is 6.54 Å². The van der Waals surface area contributed by atoms with Crippen molar-refractivity contribution in [3.8, 4) is 5.75 Å². The van der Waals surface area contributed by atoms with Gasteiger partial charge in [-0.15, -0.1) is 0 Å². The molecule has 1 atom stereocenters. The van der Waals surface area contributed by atoms with Gasteiger partial charge in [-0.25, -0.2) is 4.79 Å².